The fourth-order valence-electron chi connectivity index (χ4n) is 3.10. The van der Waals surface area contributed by atoms with E-state index >= 15 is 0 Å². The fraction of sp³-hybridized carbons (Fsp3) is 0.217. The smallest absolute Gasteiger partial charge is 0.326 e. The van der Waals surface area contributed by atoms with E-state index in [1.54, 1.807) is 12.4 Å². The molecule has 30 heavy (non-hydrogen) atoms. The molecule has 2 aromatic heterocycles. The highest BCUT2D eigenvalue weighted by Gasteiger charge is 2.22. The number of amides is 1. The topological polar surface area (TPSA) is 95.4 Å². The van der Waals surface area contributed by atoms with Gasteiger partial charge in [-0.05, 0) is 29.8 Å². The Bertz CT molecular complexity index is 895. The summed E-state index contributed by atoms with van der Waals surface area (Å²) >= 11 is 0. The highest BCUT2D eigenvalue weighted by Crippen LogP contribution is 2.08. The summed E-state index contributed by atoms with van der Waals surface area (Å²) in [7, 11) is 0. The molecule has 1 amide bonds. The van der Waals surface area contributed by atoms with Crippen LogP contribution in [0.2, 0.25) is 0 Å². The van der Waals surface area contributed by atoms with Crippen molar-refractivity contribution in [2.45, 2.75) is 25.6 Å². The maximum absolute atomic E-state index is 12.7. The molecule has 3 rings (SSSR count). The van der Waals surface area contributed by atoms with Crippen LogP contribution < -0.4 is 5.32 Å². The first kappa shape index (κ1) is 21.1. The largest absolute Gasteiger partial charge is 0.480 e. The molecule has 0 saturated carbocycles. The number of carbonyl (C=O) groups excluding carboxylic acids is 1. The molecule has 154 valence electrons. The van der Waals surface area contributed by atoms with Crippen LogP contribution in [0.25, 0.3) is 0 Å². The number of pyridine rings is 2. The number of carboxylic acid groups (broad SMARTS) is 1. The Hall–Kier alpha value is -3.58. The predicted molar refractivity (Wildman–Crippen MR) is 112 cm³/mol. The third-order valence-electron chi connectivity index (χ3n) is 4.51. The lowest BCUT2D eigenvalue weighted by Crippen LogP contribution is -2.46. The average molecular weight is 404 g/mol. The minimum absolute atomic E-state index is 0.0335. The van der Waals surface area contributed by atoms with Crippen molar-refractivity contribution >= 4 is 11.9 Å². The second-order valence-corrected chi connectivity index (χ2v) is 6.94. The quantitative estimate of drug-likeness (QED) is 0.538. The van der Waals surface area contributed by atoms with Crippen LogP contribution in [0.1, 0.15) is 17.0 Å². The molecule has 0 spiro atoms. The molecule has 0 aliphatic rings. The standard InChI is InChI=1S/C23H24N4O3/c28-22(26-21(23(29)30)14-18-8-2-1-3-9-18)17-27(15-19-10-4-6-12-24-19)16-20-11-5-7-13-25-20/h1-13,21H,14-17H2,(H,26,28)(H,29,30)/t21-/m0/s1. The van der Waals surface area contributed by atoms with E-state index in [2.05, 4.69) is 15.3 Å². The second kappa shape index (κ2) is 10.8. The van der Waals surface area contributed by atoms with E-state index in [1.165, 1.54) is 0 Å². The van der Waals surface area contributed by atoms with Crippen LogP contribution in [-0.2, 0) is 29.1 Å². The molecule has 2 heterocycles. The first-order valence-electron chi connectivity index (χ1n) is 9.68. The lowest BCUT2D eigenvalue weighted by atomic mass is 10.1. The van der Waals surface area contributed by atoms with Crippen molar-refractivity contribution in [2.24, 2.45) is 0 Å². The van der Waals surface area contributed by atoms with Gasteiger partial charge < -0.3 is 10.4 Å². The van der Waals surface area contributed by atoms with Gasteiger partial charge in [-0.1, -0.05) is 42.5 Å². The molecule has 2 N–H and O–H groups in total. The van der Waals surface area contributed by atoms with Crippen molar-refractivity contribution in [3.05, 3.63) is 96.1 Å². The number of aromatic nitrogens is 2. The number of carboxylic acids is 1. The highest BCUT2D eigenvalue weighted by atomic mass is 16.4. The van der Waals surface area contributed by atoms with E-state index < -0.39 is 12.0 Å². The molecule has 3 aromatic rings. The molecule has 1 atom stereocenters. The molecule has 0 fully saturated rings. The summed E-state index contributed by atoms with van der Waals surface area (Å²) < 4.78 is 0. The van der Waals surface area contributed by atoms with Crippen LogP contribution in [0, 0.1) is 0 Å². The van der Waals surface area contributed by atoms with Crippen molar-refractivity contribution in [1.29, 1.82) is 0 Å². The number of benzene rings is 1. The van der Waals surface area contributed by atoms with Crippen LogP contribution in [0.4, 0.5) is 0 Å². The molecule has 0 radical (unpaired) electrons. The Morgan fingerprint density at radius 2 is 1.43 bits per heavy atom. The molecule has 0 aliphatic heterocycles. The summed E-state index contributed by atoms with van der Waals surface area (Å²) in [6.45, 7) is 0.925. The number of hydrogen-bond acceptors (Lipinski definition) is 5. The molecule has 0 unspecified atom stereocenters. The maximum Gasteiger partial charge on any atom is 0.326 e. The van der Waals surface area contributed by atoms with Crippen LogP contribution in [-0.4, -0.2) is 44.4 Å². The van der Waals surface area contributed by atoms with Gasteiger partial charge in [0.25, 0.3) is 0 Å². The Balaban J connectivity index is 1.67. The normalized spacial score (nSPS) is 11.8. The zero-order valence-electron chi connectivity index (χ0n) is 16.5. The van der Waals surface area contributed by atoms with Crippen LogP contribution in [0.15, 0.2) is 79.1 Å². The van der Waals surface area contributed by atoms with Gasteiger partial charge in [0.15, 0.2) is 0 Å². The first-order valence-corrected chi connectivity index (χ1v) is 9.68. The van der Waals surface area contributed by atoms with Crippen molar-refractivity contribution in [3.8, 4) is 0 Å². The van der Waals surface area contributed by atoms with E-state index in [0.717, 1.165) is 17.0 Å². The minimum atomic E-state index is -1.06. The summed E-state index contributed by atoms with van der Waals surface area (Å²) in [6, 6.07) is 19.5. The van der Waals surface area contributed by atoms with Gasteiger partial charge in [0.2, 0.25) is 5.91 Å². The van der Waals surface area contributed by atoms with E-state index in [0.29, 0.717) is 13.1 Å². The van der Waals surface area contributed by atoms with E-state index in [-0.39, 0.29) is 18.9 Å². The lowest BCUT2D eigenvalue weighted by molar-refractivity contribution is -0.142. The number of carbonyl (C=O) groups is 2. The Morgan fingerprint density at radius 1 is 0.867 bits per heavy atom. The molecule has 0 aliphatic carbocycles. The second-order valence-electron chi connectivity index (χ2n) is 6.94. The van der Waals surface area contributed by atoms with Crippen molar-refractivity contribution < 1.29 is 14.7 Å². The molecule has 1 aromatic carbocycles. The lowest BCUT2D eigenvalue weighted by Gasteiger charge is -2.22. The van der Waals surface area contributed by atoms with Crippen molar-refractivity contribution in [2.75, 3.05) is 6.54 Å². The van der Waals surface area contributed by atoms with E-state index in [9.17, 15) is 14.7 Å². The highest BCUT2D eigenvalue weighted by molar-refractivity contribution is 5.84. The Labute approximate surface area is 175 Å². The number of rotatable bonds is 10. The van der Waals surface area contributed by atoms with Gasteiger partial charge in [-0.2, -0.15) is 0 Å². The monoisotopic (exact) mass is 404 g/mol. The Morgan fingerprint density at radius 3 is 1.93 bits per heavy atom. The number of nitrogens with zero attached hydrogens (tertiary/aromatic N) is 3. The summed E-state index contributed by atoms with van der Waals surface area (Å²) in [6.07, 6.45) is 3.63. The van der Waals surface area contributed by atoms with Gasteiger partial charge in [0, 0.05) is 31.9 Å². The molecule has 0 bridgehead atoms. The predicted octanol–water partition coefficient (Wildman–Crippen LogP) is 2.29. The number of hydrogen-bond donors (Lipinski definition) is 2. The van der Waals surface area contributed by atoms with Crippen molar-refractivity contribution in [3.63, 3.8) is 0 Å². The molecular weight excluding hydrogens is 380 g/mol. The van der Waals surface area contributed by atoms with E-state index in [4.69, 9.17) is 0 Å². The molecular formula is C23H24N4O3. The zero-order chi connectivity index (χ0) is 21.2. The average Bonchev–Trinajstić information content (AvgIpc) is 2.75. The van der Waals surface area contributed by atoms with Crippen LogP contribution >= 0.6 is 0 Å². The SMILES string of the molecule is O=C(CN(Cc1ccccn1)Cc1ccccn1)N[C@@H](Cc1ccccc1)C(=O)O. The summed E-state index contributed by atoms with van der Waals surface area (Å²) in [5, 5.41) is 12.2. The maximum atomic E-state index is 12.7. The summed E-state index contributed by atoms with van der Waals surface area (Å²) in [5.74, 6) is -1.42. The third kappa shape index (κ3) is 6.79. The molecule has 0 saturated heterocycles. The Kier molecular flexibility index (Phi) is 7.63. The number of nitrogens with one attached hydrogen (secondary N) is 1. The van der Waals surface area contributed by atoms with Crippen LogP contribution in [0.5, 0.6) is 0 Å². The van der Waals surface area contributed by atoms with Crippen LogP contribution in [0.3, 0.4) is 0 Å². The van der Waals surface area contributed by atoms with E-state index in [1.807, 2.05) is 71.6 Å². The fourth-order valence-corrected chi connectivity index (χ4v) is 3.10. The van der Waals surface area contributed by atoms with Gasteiger partial charge in [-0.25, -0.2) is 4.79 Å². The summed E-state index contributed by atoms with van der Waals surface area (Å²) in [4.78, 5) is 34.9. The third-order valence-corrected chi connectivity index (χ3v) is 4.51. The van der Waals surface area contributed by atoms with Crippen molar-refractivity contribution in [1.82, 2.24) is 20.2 Å². The van der Waals surface area contributed by atoms with Gasteiger partial charge in [0.05, 0.1) is 17.9 Å². The summed E-state index contributed by atoms with van der Waals surface area (Å²) in [5.41, 5.74) is 2.49. The van der Waals surface area contributed by atoms with Gasteiger partial charge >= 0.3 is 5.97 Å². The molecule has 7 nitrogen and oxygen atoms in total. The van der Waals surface area contributed by atoms with Gasteiger partial charge in [-0.3, -0.25) is 19.7 Å². The molecule has 7 heteroatoms. The number of aliphatic carboxylic acids is 1. The zero-order valence-corrected chi connectivity index (χ0v) is 16.5. The van der Waals surface area contributed by atoms with Gasteiger partial charge in [0.1, 0.15) is 6.04 Å². The minimum Gasteiger partial charge on any atom is -0.480 e. The first-order chi connectivity index (χ1) is 14.6. The van der Waals surface area contributed by atoms with Gasteiger partial charge in [-0.15, -0.1) is 0 Å².